The highest BCUT2D eigenvalue weighted by Gasteiger charge is 2.26. The van der Waals surface area contributed by atoms with Gasteiger partial charge >= 0.3 is 0 Å². The number of carbonyl (C=O) groups is 1. The average Bonchev–Trinajstić information content (AvgIpc) is 3.22. The molecular weight excluding hydrogens is 420 g/mol. The van der Waals surface area contributed by atoms with Gasteiger partial charge in [0, 0.05) is 34.5 Å². The maximum absolute atomic E-state index is 12.6. The van der Waals surface area contributed by atoms with E-state index in [0.29, 0.717) is 12.1 Å². The molecular formula is C22H21BrN2OS. The third kappa shape index (κ3) is 4.32. The molecule has 1 aliphatic rings. The number of nitrogens with one attached hydrogen (secondary N) is 1. The molecule has 0 radical (unpaired) electrons. The quantitative estimate of drug-likeness (QED) is 0.602. The van der Waals surface area contributed by atoms with Crippen molar-refractivity contribution in [3.8, 4) is 0 Å². The standard InChI is InChI=1S/C22H21BrN2OS/c23-19-8-3-7-17(13-19)22(26)24-14-20(21-9-4-12-27-21)25-11-10-16-5-1-2-6-18(16)15-25/h1-9,12-13,20H,10-11,14-15H2,(H,24,26)/t20-/m1/s1. The minimum atomic E-state index is -0.0322. The van der Waals surface area contributed by atoms with Crippen LogP contribution in [0.1, 0.15) is 32.4 Å². The van der Waals surface area contributed by atoms with E-state index in [-0.39, 0.29) is 11.9 Å². The van der Waals surface area contributed by atoms with Crippen LogP contribution in [0.4, 0.5) is 0 Å². The predicted octanol–water partition coefficient (Wildman–Crippen LogP) is 5.04. The highest BCUT2D eigenvalue weighted by Crippen LogP contribution is 2.30. The van der Waals surface area contributed by atoms with Gasteiger partial charge in [0.1, 0.15) is 0 Å². The number of carbonyl (C=O) groups excluding carboxylic acids is 1. The van der Waals surface area contributed by atoms with Crippen molar-refractivity contribution in [2.75, 3.05) is 13.1 Å². The summed E-state index contributed by atoms with van der Waals surface area (Å²) >= 11 is 5.19. The number of hydrogen-bond acceptors (Lipinski definition) is 3. The molecule has 1 aliphatic heterocycles. The Hall–Kier alpha value is -1.95. The van der Waals surface area contributed by atoms with E-state index in [0.717, 1.165) is 24.0 Å². The second-order valence-electron chi connectivity index (χ2n) is 6.74. The van der Waals surface area contributed by atoms with Crippen molar-refractivity contribution in [3.05, 3.63) is 92.1 Å². The molecule has 0 spiro atoms. The van der Waals surface area contributed by atoms with Crippen molar-refractivity contribution in [2.24, 2.45) is 0 Å². The van der Waals surface area contributed by atoms with Crippen LogP contribution >= 0.6 is 27.3 Å². The molecule has 1 atom stereocenters. The molecule has 0 aliphatic carbocycles. The molecule has 0 saturated carbocycles. The van der Waals surface area contributed by atoms with Gasteiger partial charge in [0.05, 0.1) is 6.04 Å². The second kappa shape index (κ2) is 8.38. The van der Waals surface area contributed by atoms with Crippen LogP contribution in [-0.4, -0.2) is 23.9 Å². The summed E-state index contributed by atoms with van der Waals surface area (Å²) < 4.78 is 0.914. The lowest BCUT2D eigenvalue weighted by atomic mass is 9.98. The number of fused-ring (bicyclic) bond motifs is 1. The minimum absolute atomic E-state index is 0.0322. The summed E-state index contributed by atoms with van der Waals surface area (Å²) in [6.07, 6.45) is 1.05. The van der Waals surface area contributed by atoms with Gasteiger partial charge in [0.25, 0.3) is 5.91 Å². The molecule has 0 unspecified atom stereocenters. The van der Waals surface area contributed by atoms with E-state index >= 15 is 0 Å². The van der Waals surface area contributed by atoms with Crippen molar-refractivity contribution < 1.29 is 4.79 Å². The van der Waals surface area contributed by atoms with E-state index in [2.05, 4.69) is 67.9 Å². The Morgan fingerprint density at radius 1 is 1.11 bits per heavy atom. The van der Waals surface area contributed by atoms with E-state index in [1.807, 2.05) is 24.3 Å². The Morgan fingerprint density at radius 3 is 2.74 bits per heavy atom. The van der Waals surface area contributed by atoms with Crippen LogP contribution in [0.15, 0.2) is 70.5 Å². The van der Waals surface area contributed by atoms with E-state index < -0.39 is 0 Å². The number of benzene rings is 2. The Bertz CT molecular complexity index is 926. The van der Waals surface area contributed by atoms with Crippen LogP contribution in [0.5, 0.6) is 0 Å². The summed E-state index contributed by atoms with van der Waals surface area (Å²) in [5, 5.41) is 5.25. The highest BCUT2D eigenvalue weighted by molar-refractivity contribution is 9.10. The van der Waals surface area contributed by atoms with Crippen molar-refractivity contribution >= 4 is 33.2 Å². The van der Waals surface area contributed by atoms with Crippen LogP contribution < -0.4 is 5.32 Å². The van der Waals surface area contributed by atoms with Crippen molar-refractivity contribution in [1.29, 1.82) is 0 Å². The molecule has 0 bridgehead atoms. The monoisotopic (exact) mass is 440 g/mol. The zero-order chi connectivity index (χ0) is 18.6. The van der Waals surface area contributed by atoms with Crippen LogP contribution in [-0.2, 0) is 13.0 Å². The number of thiophene rings is 1. The molecule has 0 fully saturated rings. The van der Waals surface area contributed by atoms with E-state index in [4.69, 9.17) is 0 Å². The molecule has 5 heteroatoms. The van der Waals surface area contributed by atoms with Gasteiger partial charge in [-0.3, -0.25) is 9.69 Å². The van der Waals surface area contributed by atoms with Gasteiger partial charge < -0.3 is 5.32 Å². The fraction of sp³-hybridized carbons (Fsp3) is 0.227. The highest BCUT2D eigenvalue weighted by atomic mass is 79.9. The third-order valence-corrected chi connectivity index (χ3v) is 6.48. The lowest BCUT2D eigenvalue weighted by Gasteiger charge is -2.35. The smallest absolute Gasteiger partial charge is 0.251 e. The SMILES string of the molecule is O=C(NC[C@H](c1cccs1)N1CCc2ccccc2C1)c1cccc(Br)c1. The van der Waals surface area contributed by atoms with Gasteiger partial charge in [-0.05, 0) is 47.2 Å². The molecule has 3 aromatic rings. The third-order valence-electron chi connectivity index (χ3n) is 5.02. The van der Waals surface area contributed by atoms with Crippen LogP contribution in [0.3, 0.4) is 0 Å². The van der Waals surface area contributed by atoms with Crippen LogP contribution in [0.2, 0.25) is 0 Å². The summed E-state index contributed by atoms with van der Waals surface area (Å²) in [4.78, 5) is 16.4. The number of rotatable bonds is 5. The zero-order valence-corrected chi connectivity index (χ0v) is 17.3. The second-order valence-corrected chi connectivity index (χ2v) is 8.64. The minimum Gasteiger partial charge on any atom is -0.350 e. The van der Waals surface area contributed by atoms with Gasteiger partial charge in [-0.1, -0.05) is 52.3 Å². The van der Waals surface area contributed by atoms with Crippen molar-refractivity contribution in [1.82, 2.24) is 10.2 Å². The Morgan fingerprint density at radius 2 is 1.96 bits per heavy atom. The summed E-state index contributed by atoms with van der Waals surface area (Å²) in [5.74, 6) is -0.0322. The first-order valence-electron chi connectivity index (χ1n) is 9.09. The van der Waals surface area contributed by atoms with Gasteiger partial charge in [0.2, 0.25) is 0 Å². The molecule has 0 saturated heterocycles. The summed E-state index contributed by atoms with van der Waals surface area (Å²) in [7, 11) is 0. The van der Waals surface area contributed by atoms with Crippen LogP contribution in [0, 0.1) is 0 Å². The maximum Gasteiger partial charge on any atom is 0.251 e. The lowest BCUT2D eigenvalue weighted by Crippen LogP contribution is -2.40. The molecule has 1 N–H and O–H groups in total. The molecule has 27 heavy (non-hydrogen) atoms. The Balaban J connectivity index is 1.50. The number of halogens is 1. The molecule has 138 valence electrons. The fourth-order valence-corrected chi connectivity index (χ4v) is 4.86. The number of nitrogens with zero attached hydrogens (tertiary/aromatic N) is 1. The number of amides is 1. The lowest BCUT2D eigenvalue weighted by molar-refractivity contribution is 0.0928. The predicted molar refractivity (Wildman–Crippen MR) is 114 cm³/mol. The summed E-state index contributed by atoms with van der Waals surface area (Å²) in [6.45, 7) is 2.53. The molecule has 2 aromatic carbocycles. The van der Waals surface area contributed by atoms with Crippen molar-refractivity contribution in [2.45, 2.75) is 19.0 Å². The van der Waals surface area contributed by atoms with E-state index in [1.165, 1.54) is 16.0 Å². The van der Waals surface area contributed by atoms with Gasteiger partial charge in [-0.25, -0.2) is 0 Å². The molecule has 4 rings (SSSR count). The number of hydrogen-bond donors (Lipinski definition) is 1. The van der Waals surface area contributed by atoms with Crippen LogP contribution in [0.25, 0.3) is 0 Å². The zero-order valence-electron chi connectivity index (χ0n) is 14.9. The summed E-state index contributed by atoms with van der Waals surface area (Å²) in [6, 6.07) is 20.6. The first kappa shape index (κ1) is 18.4. The fourth-order valence-electron chi connectivity index (χ4n) is 3.60. The molecule has 1 amide bonds. The van der Waals surface area contributed by atoms with E-state index in [1.54, 1.807) is 11.3 Å². The maximum atomic E-state index is 12.6. The molecule has 3 nitrogen and oxygen atoms in total. The van der Waals surface area contributed by atoms with Gasteiger partial charge in [0.15, 0.2) is 0 Å². The average molecular weight is 441 g/mol. The topological polar surface area (TPSA) is 32.3 Å². The largest absolute Gasteiger partial charge is 0.350 e. The first-order chi connectivity index (χ1) is 13.2. The van der Waals surface area contributed by atoms with Crippen molar-refractivity contribution in [3.63, 3.8) is 0 Å². The Kier molecular flexibility index (Phi) is 5.72. The Labute approximate surface area is 172 Å². The van der Waals surface area contributed by atoms with E-state index in [9.17, 15) is 4.79 Å². The molecule has 2 heterocycles. The van der Waals surface area contributed by atoms with Gasteiger partial charge in [-0.15, -0.1) is 11.3 Å². The summed E-state index contributed by atoms with van der Waals surface area (Å²) in [5.41, 5.74) is 3.51. The normalized spacial score (nSPS) is 15.1. The van der Waals surface area contributed by atoms with Gasteiger partial charge in [-0.2, -0.15) is 0 Å². The molecule has 1 aromatic heterocycles. The first-order valence-corrected chi connectivity index (χ1v) is 10.8.